The van der Waals surface area contributed by atoms with Gasteiger partial charge in [0.15, 0.2) is 5.56 Å². The third kappa shape index (κ3) is 2.56. The first-order valence-corrected chi connectivity index (χ1v) is 6.38. The van der Waals surface area contributed by atoms with Gasteiger partial charge < -0.3 is 4.74 Å². The minimum absolute atomic E-state index is 0.127. The van der Waals surface area contributed by atoms with Crippen LogP contribution in [0.15, 0.2) is 27.8 Å². The third-order valence-corrected chi connectivity index (χ3v) is 3.33. The Kier molecular flexibility index (Phi) is 3.87. The Hall–Kier alpha value is -2.52. The predicted octanol–water partition coefficient (Wildman–Crippen LogP) is 1.71. The number of aryl methyl sites for hydroxylation is 1. The first kappa shape index (κ1) is 14.9. The fourth-order valence-electron chi connectivity index (χ4n) is 1.83. The Morgan fingerprint density at radius 1 is 1.24 bits per heavy atom. The van der Waals surface area contributed by atoms with Crippen LogP contribution in [0, 0.1) is 18.3 Å². The molecule has 0 radical (unpaired) electrons. The van der Waals surface area contributed by atoms with E-state index in [1.54, 1.807) is 24.3 Å². The van der Waals surface area contributed by atoms with E-state index in [0.29, 0.717) is 5.02 Å². The van der Waals surface area contributed by atoms with E-state index in [2.05, 4.69) is 0 Å². The summed E-state index contributed by atoms with van der Waals surface area (Å²) in [4.78, 5) is 23.9. The van der Waals surface area contributed by atoms with Crippen molar-refractivity contribution in [2.24, 2.45) is 14.1 Å². The molecule has 1 aromatic carbocycles. The van der Waals surface area contributed by atoms with Crippen molar-refractivity contribution < 1.29 is 4.74 Å². The van der Waals surface area contributed by atoms with Crippen molar-refractivity contribution >= 4 is 11.6 Å². The van der Waals surface area contributed by atoms with Crippen LogP contribution in [0.3, 0.4) is 0 Å². The van der Waals surface area contributed by atoms with Crippen molar-refractivity contribution in [2.75, 3.05) is 0 Å². The number of ether oxygens (including phenoxy) is 1. The molecule has 0 N–H and O–H groups in total. The molecule has 21 heavy (non-hydrogen) atoms. The van der Waals surface area contributed by atoms with Crippen molar-refractivity contribution in [1.82, 2.24) is 9.13 Å². The molecule has 2 rings (SSSR count). The summed E-state index contributed by atoms with van der Waals surface area (Å²) in [6, 6.07) is 6.86. The predicted molar refractivity (Wildman–Crippen MR) is 77.9 cm³/mol. The fourth-order valence-corrected chi connectivity index (χ4v) is 1.99. The quantitative estimate of drug-likeness (QED) is 0.846. The SMILES string of the molecule is Cc1ccc(Cl)c(Oc2c(C#N)c(=O)n(C)c(=O)n2C)c1. The van der Waals surface area contributed by atoms with Crippen LogP contribution in [-0.4, -0.2) is 9.13 Å². The van der Waals surface area contributed by atoms with E-state index < -0.39 is 11.2 Å². The third-order valence-electron chi connectivity index (χ3n) is 3.02. The molecule has 0 spiro atoms. The highest BCUT2D eigenvalue weighted by molar-refractivity contribution is 6.32. The summed E-state index contributed by atoms with van der Waals surface area (Å²) in [5.74, 6) is 0.148. The van der Waals surface area contributed by atoms with Crippen LogP contribution in [0.25, 0.3) is 0 Å². The minimum atomic E-state index is -0.709. The maximum absolute atomic E-state index is 11.9. The molecule has 0 aliphatic rings. The topological polar surface area (TPSA) is 77.0 Å². The molecule has 0 atom stereocenters. The number of rotatable bonds is 2. The second-order valence-corrected chi connectivity index (χ2v) is 4.94. The largest absolute Gasteiger partial charge is 0.437 e. The lowest BCUT2D eigenvalue weighted by Crippen LogP contribution is -2.38. The summed E-state index contributed by atoms with van der Waals surface area (Å²) in [5, 5.41) is 9.47. The highest BCUT2D eigenvalue weighted by Crippen LogP contribution is 2.30. The van der Waals surface area contributed by atoms with Crippen LogP contribution in [-0.2, 0) is 14.1 Å². The van der Waals surface area contributed by atoms with Crippen molar-refractivity contribution in [3.8, 4) is 17.7 Å². The maximum Gasteiger partial charge on any atom is 0.333 e. The van der Waals surface area contributed by atoms with Crippen LogP contribution in [0.4, 0.5) is 0 Å². The number of hydrogen-bond donors (Lipinski definition) is 0. The van der Waals surface area contributed by atoms with Gasteiger partial charge >= 0.3 is 5.69 Å². The van der Waals surface area contributed by atoms with E-state index in [1.165, 1.54) is 14.1 Å². The van der Waals surface area contributed by atoms with Crippen LogP contribution < -0.4 is 16.0 Å². The van der Waals surface area contributed by atoms with E-state index in [4.69, 9.17) is 21.6 Å². The lowest BCUT2D eigenvalue weighted by molar-refractivity contribution is 0.421. The highest BCUT2D eigenvalue weighted by atomic mass is 35.5. The zero-order valence-electron chi connectivity index (χ0n) is 11.7. The Bertz CT molecular complexity index is 875. The number of aromatic nitrogens is 2. The molecule has 0 aliphatic heterocycles. The molecule has 0 amide bonds. The number of nitrogens with zero attached hydrogens (tertiary/aromatic N) is 3. The fraction of sp³-hybridized carbons (Fsp3) is 0.214. The van der Waals surface area contributed by atoms with Gasteiger partial charge in [0.25, 0.3) is 5.56 Å². The molecule has 0 aliphatic carbocycles. The van der Waals surface area contributed by atoms with Gasteiger partial charge in [-0.2, -0.15) is 5.26 Å². The maximum atomic E-state index is 11.9. The molecule has 108 valence electrons. The van der Waals surface area contributed by atoms with E-state index in [-0.39, 0.29) is 17.2 Å². The number of hydrogen-bond acceptors (Lipinski definition) is 4. The van der Waals surface area contributed by atoms with Crippen LogP contribution in [0.2, 0.25) is 5.02 Å². The summed E-state index contributed by atoms with van der Waals surface area (Å²) in [5.41, 5.74) is -0.656. The zero-order valence-corrected chi connectivity index (χ0v) is 12.4. The van der Waals surface area contributed by atoms with Gasteiger partial charge in [-0.05, 0) is 24.6 Å². The van der Waals surface area contributed by atoms with Crippen molar-refractivity contribution in [3.05, 3.63) is 55.2 Å². The normalized spacial score (nSPS) is 10.2. The summed E-state index contributed by atoms with van der Waals surface area (Å²) in [6.07, 6.45) is 0. The second-order valence-electron chi connectivity index (χ2n) is 4.53. The van der Waals surface area contributed by atoms with Gasteiger partial charge in [0, 0.05) is 14.1 Å². The molecular formula is C14H12ClN3O3. The molecule has 0 saturated heterocycles. The number of halogens is 1. The van der Waals surface area contributed by atoms with Gasteiger partial charge in [-0.3, -0.25) is 13.9 Å². The van der Waals surface area contributed by atoms with E-state index in [1.807, 2.05) is 6.92 Å². The van der Waals surface area contributed by atoms with Gasteiger partial charge in [-0.15, -0.1) is 0 Å². The Morgan fingerprint density at radius 3 is 2.52 bits per heavy atom. The molecule has 6 nitrogen and oxygen atoms in total. The standard InChI is InChI=1S/C14H12ClN3O3/c1-8-4-5-10(15)11(6-8)21-13-9(7-16)12(19)17(2)14(20)18(13)3/h4-6H,1-3H3. The van der Waals surface area contributed by atoms with Gasteiger partial charge in [0.1, 0.15) is 11.8 Å². The molecule has 7 heteroatoms. The van der Waals surface area contributed by atoms with Crippen molar-refractivity contribution in [3.63, 3.8) is 0 Å². The van der Waals surface area contributed by atoms with Crippen LogP contribution in [0.1, 0.15) is 11.1 Å². The van der Waals surface area contributed by atoms with E-state index >= 15 is 0 Å². The average molecular weight is 306 g/mol. The van der Waals surface area contributed by atoms with Gasteiger partial charge in [0.2, 0.25) is 5.88 Å². The second kappa shape index (κ2) is 5.46. The zero-order chi connectivity index (χ0) is 15.7. The van der Waals surface area contributed by atoms with Crippen molar-refractivity contribution in [2.45, 2.75) is 6.92 Å². The Morgan fingerprint density at radius 2 is 1.90 bits per heavy atom. The summed E-state index contributed by atoms with van der Waals surface area (Å²) in [6.45, 7) is 1.84. The molecule has 0 fully saturated rings. The Balaban J connectivity index is 2.71. The molecule has 2 aromatic rings. The summed E-state index contributed by atoms with van der Waals surface area (Å²) < 4.78 is 7.50. The lowest BCUT2D eigenvalue weighted by Gasteiger charge is -2.13. The monoisotopic (exact) mass is 305 g/mol. The van der Waals surface area contributed by atoms with E-state index in [9.17, 15) is 9.59 Å². The van der Waals surface area contributed by atoms with Crippen LogP contribution >= 0.6 is 11.6 Å². The lowest BCUT2D eigenvalue weighted by atomic mass is 10.2. The summed E-state index contributed by atoms with van der Waals surface area (Å²) in [7, 11) is 2.72. The molecular weight excluding hydrogens is 294 g/mol. The van der Waals surface area contributed by atoms with Gasteiger partial charge in [0.05, 0.1) is 5.02 Å². The Labute approximate surface area is 125 Å². The summed E-state index contributed by atoms with van der Waals surface area (Å²) >= 11 is 6.03. The van der Waals surface area contributed by atoms with E-state index in [0.717, 1.165) is 14.7 Å². The van der Waals surface area contributed by atoms with Crippen molar-refractivity contribution in [1.29, 1.82) is 5.26 Å². The smallest absolute Gasteiger partial charge is 0.333 e. The molecule has 0 unspecified atom stereocenters. The number of benzene rings is 1. The first-order valence-electron chi connectivity index (χ1n) is 6.01. The molecule has 0 saturated carbocycles. The minimum Gasteiger partial charge on any atom is -0.437 e. The first-order chi connectivity index (χ1) is 9.86. The highest BCUT2D eigenvalue weighted by Gasteiger charge is 2.18. The number of nitriles is 1. The molecule has 1 heterocycles. The van der Waals surface area contributed by atoms with Gasteiger partial charge in [-0.1, -0.05) is 17.7 Å². The average Bonchev–Trinajstić information content (AvgIpc) is 2.46. The molecule has 0 bridgehead atoms. The van der Waals surface area contributed by atoms with Gasteiger partial charge in [-0.25, -0.2) is 4.79 Å². The molecule has 1 aromatic heterocycles. The van der Waals surface area contributed by atoms with Crippen LogP contribution in [0.5, 0.6) is 11.6 Å².